The van der Waals surface area contributed by atoms with Crippen LogP contribution < -0.4 is 0 Å². The second-order valence-electron chi connectivity index (χ2n) is 7.86. The molecule has 0 aliphatic carbocycles. The Balaban J connectivity index is 1.30. The van der Waals surface area contributed by atoms with Crippen LogP contribution in [0.5, 0.6) is 0 Å². The number of sulfonamides is 1. The van der Waals surface area contributed by atoms with Crippen LogP contribution in [0.1, 0.15) is 17.7 Å². The number of carbonyl (C=O) groups is 1. The Morgan fingerprint density at radius 1 is 0.903 bits per heavy atom. The first-order chi connectivity index (χ1) is 14.9. The van der Waals surface area contributed by atoms with Crippen LogP contribution in [0.2, 0.25) is 0 Å². The number of aromatic nitrogens is 1. The van der Waals surface area contributed by atoms with E-state index in [2.05, 4.69) is 4.98 Å². The summed E-state index contributed by atoms with van der Waals surface area (Å²) in [5, 5.41) is 0. The molecule has 0 radical (unpaired) electrons. The van der Waals surface area contributed by atoms with Crippen LogP contribution in [0.4, 0.5) is 0 Å². The Morgan fingerprint density at radius 2 is 1.58 bits per heavy atom. The van der Waals surface area contributed by atoms with Gasteiger partial charge in [0.2, 0.25) is 15.9 Å². The van der Waals surface area contributed by atoms with Gasteiger partial charge in [0.25, 0.3) is 0 Å². The molecular weight excluding hydrogens is 410 g/mol. The minimum atomic E-state index is -3.52. The van der Waals surface area contributed by atoms with Crippen LogP contribution in [0.15, 0.2) is 71.6 Å². The maximum atomic E-state index is 12.8. The number of nitrogens with one attached hydrogen (secondary N) is 1. The third-order valence-corrected chi connectivity index (χ3v) is 7.60. The first-order valence-corrected chi connectivity index (χ1v) is 12.0. The molecule has 0 saturated carbocycles. The third kappa shape index (κ3) is 4.89. The maximum Gasteiger partial charge on any atom is 0.243 e. The zero-order valence-electron chi connectivity index (χ0n) is 17.6. The van der Waals surface area contributed by atoms with Gasteiger partial charge in [-0.1, -0.05) is 48.0 Å². The summed E-state index contributed by atoms with van der Waals surface area (Å²) in [4.78, 5) is 18.1. The fourth-order valence-electron chi connectivity index (χ4n) is 3.81. The van der Waals surface area contributed by atoms with E-state index < -0.39 is 10.0 Å². The van der Waals surface area contributed by atoms with E-state index >= 15 is 0 Å². The molecule has 1 N–H and O–H groups in total. The van der Waals surface area contributed by atoms with E-state index in [0.29, 0.717) is 43.9 Å². The average molecular weight is 438 g/mol. The topological polar surface area (TPSA) is 73.5 Å². The lowest BCUT2D eigenvalue weighted by molar-refractivity contribution is -0.132. The first kappa shape index (κ1) is 21.3. The Labute approximate surface area is 183 Å². The molecule has 1 aromatic heterocycles. The smallest absolute Gasteiger partial charge is 0.243 e. The van der Waals surface area contributed by atoms with Crippen molar-refractivity contribution in [2.24, 2.45) is 0 Å². The number of benzene rings is 2. The molecule has 7 heteroatoms. The maximum absolute atomic E-state index is 12.8. The van der Waals surface area contributed by atoms with Crippen molar-refractivity contribution in [2.45, 2.75) is 24.7 Å². The molecule has 1 saturated heterocycles. The molecule has 162 valence electrons. The molecule has 4 rings (SSSR count). The zero-order valence-corrected chi connectivity index (χ0v) is 18.4. The summed E-state index contributed by atoms with van der Waals surface area (Å²) in [7, 11) is -3.52. The molecule has 1 aliphatic heterocycles. The van der Waals surface area contributed by atoms with Gasteiger partial charge in [-0.25, -0.2) is 8.42 Å². The van der Waals surface area contributed by atoms with Gasteiger partial charge in [-0.3, -0.25) is 4.79 Å². The lowest BCUT2D eigenvalue weighted by Gasteiger charge is -2.34. The minimum absolute atomic E-state index is 0.0586. The quantitative estimate of drug-likeness (QED) is 0.642. The van der Waals surface area contributed by atoms with E-state index in [1.807, 2.05) is 49.4 Å². The van der Waals surface area contributed by atoms with E-state index in [1.165, 1.54) is 4.31 Å². The summed E-state index contributed by atoms with van der Waals surface area (Å²) < 4.78 is 27.1. The van der Waals surface area contributed by atoms with Gasteiger partial charge in [0, 0.05) is 44.0 Å². The minimum Gasteiger partial charge on any atom is -0.358 e. The van der Waals surface area contributed by atoms with E-state index in [-0.39, 0.29) is 5.91 Å². The monoisotopic (exact) mass is 437 g/mol. The summed E-state index contributed by atoms with van der Waals surface area (Å²) in [6.07, 6.45) is 1.03. The first-order valence-electron chi connectivity index (χ1n) is 10.5. The summed E-state index contributed by atoms with van der Waals surface area (Å²) in [5.74, 6) is 0.0586. The summed E-state index contributed by atoms with van der Waals surface area (Å²) in [5.41, 5.74) is 4.20. The van der Waals surface area contributed by atoms with Gasteiger partial charge in [0.1, 0.15) is 0 Å². The van der Waals surface area contributed by atoms with Crippen molar-refractivity contribution in [3.8, 4) is 11.3 Å². The van der Waals surface area contributed by atoms with Crippen molar-refractivity contribution in [1.82, 2.24) is 14.2 Å². The lowest BCUT2D eigenvalue weighted by Crippen LogP contribution is -2.50. The van der Waals surface area contributed by atoms with Gasteiger partial charge < -0.3 is 9.88 Å². The van der Waals surface area contributed by atoms with Gasteiger partial charge >= 0.3 is 0 Å². The largest absolute Gasteiger partial charge is 0.358 e. The number of hydrogen-bond donors (Lipinski definition) is 1. The summed E-state index contributed by atoms with van der Waals surface area (Å²) >= 11 is 0. The molecule has 0 spiro atoms. The van der Waals surface area contributed by atoms with Gasteiger partial charge in [-0.15, -0.1) is 0 Å². The highest BCUT2D eigenvalue weighted by Crippen LogP contribution is 2.20. The van der Waals surface area contributed by atoms with Crippen LogP contribution in [0, 0.1) is 6.92 Å². The van der Waals surface area contributed by atoms with E-state index in [9.17, 15) is 13.2 Å². The zero-order chi connectivity index (χ0) is 21.8. The summed E-state index contributed by atoms with van der Waals surface area (Å²) in [6.45, 7) is 3.41. The number of aromatic amines is 1. The number of amides is 1. The number of carbonyl (C=O) groups excluding carboxylic acids is 1. The molecular formula is C24H27N3O3S. The highest BCUT2D eigenvalue weighted by Gasteiger charge is 2.29. The van der Waals surface area contributed by atoms with Crippen LogP contribution in [0.3, 0.4) is 0 Å². The van der Waals surface area contributed by atoms with Crippen LogP contribution in [0.25, 0.3) is 11.3 Å². The van der Waals surface area contributed by atoms with Crippen molar-refractivity contribution >= 4 is 15.9 Å². The van der Waals surface area contributed by atoms with Crippen LogP contribution >= 0.6 is 0 Å². The van der Waals surface area contributed by atoms with E-state index in [0.717, 1.165) is 22.5 Å². The molecule has 0 atom stereocenters. The fourth-order valence-corrected chi connectivity index (χ4v) is 5.23. The molecule has 6 nitrogen and oxygen atoms in total. The molecule has 3 aromatic rings. The predicted molar refractivity (Wildman–Crippen MR) is 121 cm³/mol. The number of piperazine rings is 1. The second-order valence-corrected chi connectivity index (χ2v) is 9.80. The van der Waals surface area contributed by atoms with E-state index in [1.54, 1.807) is 29.2 Å². The van der Waals surface area contributed by atoms with Crippen molar-refractivity contribution in [3.05, 3.63) is 78.0 Å². The average Bonchev–Trinajstić information content (AvgIpc) is 3.27. The fraction of sp³-hybridized carbons (Fsp3) is 0.292. The molecule has 1 aliphatic rings. The SMILES string of the molecule is Cc1ccc(S(=O)(=O)N2CCN(C(=O)CCc3ccc(-c4ccccc4)[nH]3)CC2)cc1. The standard InChI is InChI=1S/C24H27N3O3S/c1-19-7-11-22(12-8-19)31(29,30)27-17-15-26(16-18-27)24(28)14-10-21-9-13-23(25-21)20-5-3-2-4-6-20/h2-9,11-13,25H,10,14-18H2,1H3. The highest BCUT2D eigenvalue weighted by atomic mass is 32.2. The van der Waals surface area contributed by atoms with E-state index in [4.69, 9.17) is 0 Å². The highest BCUT2D eigenvalue weighted by molar-refractivity contribution is 7.89. The number of H-pyrrole nitrogens is 1. The molecule has 0 unspecified atom stereocenters. The molecule has 2 heterocycles. The molecule has 1 amide bonds. The Bertz CT molecular complexity index is 1130. The molecule has 0 bridgehead atoms. The van der Waals surface area contributed by atoms with Crippen LogP contribution in [-0.2, 0) is 21.2 Å². The molecule has 31 heavy (non-hydrogen) atoms. The molecule has 1 fully saturated rings. The van der Waals surface area contributed by atoms with Gasteiger partial charge in [-0.2, -0.15) is 4.31 Å². The molecule has 2 aromatic carbocycles. The van der Waals surface area contributed by atoms with Crippen molar-refractivity contribution in [1.29, 1.82) is 0 Å². The Morgan fingerprint density at radius 3 is 2.26 bits per heavy atom. The number of aryl methyl sites for hydroxylation is 2. The van der Waals surface area contributed by atoms with Gasteiger partial charge in [0.05, 0.1) is 4.90 Å². The van der Waals surface area contributed by atoms with Crippen LogP contribution in [-0.4, -0.2) is 54.7 Å². The Kier molecular flexibility index (Phi) is 6.25. The number of rotatable bonds is 6. The Hall–Kier alpha value is -2.90. The number of nitrogens with zero attached hydrogens (tertiary/aromatic N) is 2. The lowest BCUT2D eigenvalue weighted by atomic mass is 10.2. The van der Waals surface area contributed by atoms with Crippen molar-refractivity contribution < 1.29 is 13.2 Å². The predicted octanol–water partition coefficient (Wildman–Crippen LogP) is 3.46. The van der Waals surface area contributed by atoms with Gasteiger partial charge in [0.15, 0.2) is 0 Å². The van der Waals surface area contributed by atoms with Crippen molar-refractivity contribution in [2.75, 3.05) is 26.2 Å². The second kappa shape index (κ2) is 9.08. The normalized spacial score (nSPS) is 15.2. The van der Waals surface area contributed by atoms with Gasteiger partial charge in [-0.05, 0) is 43.2 Å². The third-order valence-electron chi connectivity index (χ3n) is 5.69. The van der Waals surface area contributed by atoms with Crippen molar-refractivity contribution in [3.63, 3.8) is 0 Å². The number of hydrogen-bond acceptors (Lipinski definition) is 3. The summed E-state index contributed by atoms with van der Waals surface area (Å²) in [6, 6.07) is 21.0.